The summed E-state index contributed by atoms with van der Waals surface area (Å²) >= 11 is 0. The number of rotatable bonds is 7. The molecule has 1 saturated carbocycles. The Morgan fingerprint density at radius 2 is 1.88 bits per heavy atom. The van der Waals surface area contributed by atoms with Crippen molar-refractivity contribution in [2.24, 2.45) is 16.3 Å². The van der Waals surface area contributed by atoms with Crippen LogP contribution in [-0.2, 0) is 4.74 Å². The highest BCUT2D eigenvalue weighted by Gasteiger charge is 2.59. The maximum Gasteiger partial charge on any atom is 0.191 e. The van der Waals surface area contributed by atoms with Gasteiger partial charge in [0.15, 0.2) is 5.96 Å². The van der Waals surface area contributed by atoms with Crippen molar-refractivity contribution in [3.8, 4) is 0 Å². The molecule has 0 bridgehead atoms. The largest absolute Gasteiger partial charge is 0.377 e. The summed E-state index contributed by atoms with van der Waals surface area (Å²) in [5.41, 5.74) is 0.180. The third-order valence-corrected chi connectivity index (χ3v) is 5.69. The molecule has 0 aromatic carbocycles. The van der Waals surface area contributed by atoms with Crippen molar-refractivity contribution in [2.75, 3.05) is 26.2 Å². The monoisotopic (exact) mass is 466 g/mol. The molecule has 1 saturated heterocycles. The smallest absolute Gasteiger partial charge is 0.191 e. The summed E-state index contributed by atoms with van der Waals surface area (Å²) in [6.07, 6.45) is 1.58. The lowest BCUT2D eigenvalue weighted by Gasteiger charge is -2.54. The Morgan fingerprint density at radius 3 is 2.44 bits per heavy atom. The van der Waals surface area contributed by atoms with Gasteiger partial charge in [0.05, 0.1) is 12.6 Å². The molecular weight excluding hydrogens is 427 g/mol. The predicted molar refractivity (Wildman–Crippen MR) is 117 cm³/mol. The summed E-state index contributed by atoms with van der Waals surface area (Å²) in [6.45, 7) is 19.4. The summed E-state index contributed by atoms with van der Waals surface area (Å²) in [7, 11) is 0. The van der Waals surface area contributed by atoms with Crippen LogP contribution in [0.4, 0.5) is 0 Å². The highest BCUT2D eigenvalue weighted by atomic mass is 127. The SMILES string of the molecule is CCNC(=NCCN(C(C)C)C(C)C)NC1C2CCOC2C1(C)C.I. The van der Waals surface area contributed by atoms with Crippen LogP contribution in [0.15, 0.2) is 4.99 Å². The highest BCUT2D eigenvalue weighted by Crippen LogP contribution is 2.52. The Kier molecular flexibility index (Phi) is 8.94. The lowest BCUT2D eigenvalue weighted by atomic mass is 9.57. The van der Waals surface area contributed by atoms with Crippen molar-refractivity contribution >= 4 is 29.9 Å². The minimum absolute atomic E-state index is 0. The van der Waals surface area contributed by atoms with Crippen molar-refractivity contribution in [1.29, 1.82) is 0 Å². The number of ether oxygens (including phenoxy) is 1. The molecule has 25 heavy (non-hydrogen) atoms. The number of halogens is 1. The number of nitrogens with zero attached hydrogens (tertiary/aromatic N) is 2. The molecular formula is C19H39IN4O. The summed E-state index contributed by atoms with van der Waals surface area (Å²) in [4.78, 5) is 7.32. The van der Waals surface area contributed by atoms with E-state index in [9.17, 15) is 0 Å². The maximum absolute atomic E-state index is 5.90. The number of hydrogen-bond donors (Lipinski definition) is 2. The Hall–Kier alpha value is -0.0800. The van der Waals surface area contributed by atoms with E-state index in [0.29, 0.717) is 30.1 Å². The van der Waals surface area contributed by atoms with Crippen LogP contribution in [0.3, 0.4) is 0 Å². The average molecular weight is 466 g/mol. The minimum atomic E-state index is 0. The molecule has 0 amide bonds. The summed E-state index contributed by atoms with van der Waals surface area (Å²) in [5.74, 6) is 1.58. The highest BCUT2D eigenvalue weighted by molar-refractivity contribution is 14.0. The van der Waals surface area contributed by atoms with Gasteiger partial charge in [0.1, 0.15) is 0 Å². The molecule has 2 rings (SSSR count). The molecule has 2 N–H and O–H groups in total. The summed E-state index contributed by atoms with van der Waals surface area (Å²) in [6, 6.07) is 1.56. The van der Waals surface area contributed by atoms with Crippen LogP contribution in [0.1, 0.15) is 54.9 Å². The van der Waals surface area contributed by atoms with Gasteiger partial charge in [-0.2, -0.15) is 0 Å². The molecule has 3 unspecified atom stereocenters. The van der Waals surface area contributed by atoms with Gasteiger partial charge in [-0.1, -0.05) is 13.8 Å². The number of hydrogen-bond acceptors (Lipinski definition) is 3. The van der Waals surface area contributed by atoms with Crippen molar-refractivity contribution in [3.63, 3.8) is 0 Å². The first-order valence-electron chi connectivity index (χ1n) is 9.71. The van der Waals surface area contributed by atoms with Crippen LogP contribution in [-0.4, -0.2) is 61.3 Å². The fourth-order valence-corrected chi connectivity index (χ4v) is 4.47. The zero-order chi connectivity index (χ0) is 17.9. The quantitative estimate of drug-likeness (QED) is 0.344. The van der Waals surface area contributed by atoms with Gasteiger partial charge in [-0.05, 0) is 41.0 Å². The molecule has 148 valence electrons. The van der Waals surface area contributed by atoms with Gasteiger partial charge in [0, 0.05) is 49.2 Å². The van der Waals surface area contributed by atoms with Gasteiger partial charge in [0.25, 0.3) is 0 Å². The molecule has 1 aliphatic heterocycles. The first-order valence-corrected chi connectivity index (χ1v) is 9.71. The van der Waals surface area contributed by atoms with E-state index in [1.54, 1.807) is 0 Å². The van der Waals surface area contributed by atoms with E-state index in [-0.39, 0.29) is 29.4 Å². The molecule has 0 radical (unpaired) electrons. The Bertz CT molecular complexity index is 431. The first-order chi connectivity index (χ1) is 11.3. The second kappa shape index (κ2) is 9.74. The normalized spacial score (nSPS) is 27.9. The average Bonchev–Trinajstić information content (AvgIpc) is 2.94. The molecule has 0 spiro atoms. The zero-order valence-corrected chi connectivity index (χ0v) is 19.5. The molecule has 6 heteroatoms. The van der Waals surface area contributed by atoms with E-state index in [0.717, 1.165) is 32.2 Å². The fourth-order valence-electron chi connectivity index (χ4n) is 4.47. The van der Waals surface area contributed by atoms with Gasteiger partial charge in [-0.15, -0.1) is 24.0 Å². The van der Waals surface area contributed by atoms with Crippen LogP contribution in [0.2, 0.25) is 0 Å². The van der Waals surface area contributed by atoms with Gasteiger partial charge in [-0.25, -0.2) is 0 Å². The van der Waals surface area contributed by atoms with E-state index in [2.05, 4.69) is 64.0 Å². The van der Waals surface area contributed by atoms with Crippen molar-refractivity contribution < 1.29 is 4.74 Å². The van der Waals surface area contributed by atoms with Crippen LogP contribution in [0, 0.1) is 11.3 Å². The van der Waals surface area contributed by atoms with E-state index < -0.39 is 0 Å². The van der Waals surface area contributed by atoms with Crippen molar-refractivity contribution in [3.05, 3.63) is 0 Å². The molecule has 1 aliphatic carbocycles. The molecule has 2 aliphatic rings. The maximum atomic E-state index is 5.90. The van der Waals surface area contributed by atoms with E-state index >= 15 is 0 Å². The van der Waals surface area contributed by atoms with Gasteiger partial charge < -0.3 is 15.4 Å². The minimum Gasteiger partial charge on any atom is -0.377 e. The predicted octanol–water partition coefficient (Wildman–Crippen LogP) is 3.09. The molecule has 1 heterocycles. The van der Waals surface area contributed by atoms with Crippen molar-refractivity contribution in [1.82, 2.24) is 15.5 Å². The zero-order valence-electron chi connectivity index (χ0n) is 17.1. The van der Waals surface area contributed by atoms with Crippen LogP contribution in [0.25, 0.3) is 0 Å². The van der Waals surface area contributed by atoms with E-state index in [1.165, 1.54) is 6.42 Å². The molecule has 0 aromatic heterocycles. The molecule has 0 aromatic rings. The van der Waals surface area contributed by atoms with E-state index in [1.807, 2.05) is 0 Å². The third-order valence-electron chi connectivity index (χ3n) is 5.69. The Morgan fingerprint density at radius 1 is 1.24 bits per heavy atom. The number of nitrogens with one attached hydrogen (secondary N) is 2. The van der Waals surface area contributed by atoms with Crippen LogP contribution in [0.5, 0.6) is 0 Å². The number of guanidine groups is 1. The first kappa shape index (κ1) is 23.0. The number of aliphatic imine (C=N–C) groups is 1. The molecule has 5 nitrogen and oxygen atoms in total. The number of fused-ring (bicyclic) bond motifs is 1. The Labute approximate surface area is 171 Å². The van der Waals surface area contributed by atoms with Gasteiger partial charge >= 0.3 is 0 Å². The van der Waals surface area contributed by atoms with Crippen LogP contribution < -0.4 is 10.6 Å². The van der Waals surface area contributed by atoms with Crippen molar-refractivity contribution in [2.45, 2.75) is 79.1 Å². The molecule has 3 atom stereocenters. The standard InChI is InChI=1S/C19H38N4O.HI/c1-8-20-18(21-10-11-23(13(2)3)14(4)5)22-16-15-9-12-24-17(15)19(16,6)7;/h13-17H,8-12H2,1-7H3,(H2,20,21,22);1H. The lowest BCUT2D eigenvalue weighted by molar-refractivity contribution is -0.106. The third kappa shape index (κ3) is 5.22. The summed E-state index contributed by atoms with van der Waals surface area (Å²) in [5, 5.41) is 7.10. The van der Waals surface area contributed by atoms with E-state index in [4.69, 9.17) is 9.73 Å². The van der Waals surface area contributed by atoms with Gasteiger partial charge in [0.2, 0.25) is 0 Å². The second-order valence-electron chi connectivity index (χ2n) is 8.37. The van der Waals surface area contributed by atoms with Gasteiger partial charge in [-0.3, -0.25) is 9.89 Å². The van der Waals surface area contributed by atoms with Crippen LogP contribution >= 0.6 is 24.0 Å². The fraction of sp³-hybridized carbons (Fsp3) is 0.947. The lowest BCUT2D eigenvalue weighted by Crippen LogP contribution is -2.68. The molecule has 2 fully saturated rings. The topological polar surface area (TPSA) is 48.9 Å². The Balaban J connectivity index is 0.00000312. The summed E-state index contributed by atoms with van der Waals surface area (Å²) < 4.78 is 5.90. The second-order valence-corrected chi connectivity index (χ2v) is 8.37.